The molecule has 4 rings (SSSR count). The van der Waals surface area contributed by atoms with E-state index in [-0.39, 0.29) is 30.0 Å². The summed E-state index contributed by atoms with van der Waals surface area (Å²) in [5, 5.41) is 5.81. The molecule has 2 saturated heterocycles. The summed E-state index contributed by atoms with van der Waals surface area (Å²) in [6, 6.07) is 3.04. The fourth-order valence-corrected chi connectivity index (χ4v) is 4.23. The highest BCUT2D eigenvalue weighted by Crippen LogP contribution is 2.37. The van der Waals surface area contributed by atoms with E-state index in [0.717, 1.165) is 24.0 Å². The van der Waals surface area contributed by atoms with Crippen molar-refractivity contribution >= 4 is 28.0 Å². The van der Waals surface area contributed by atoms with Crippen LogP contribution in [0.4, 0.5) is 14.0 Å². The Morgan fingerprint density at radius 2 is 2.17 bits per heavy atom. The highest BCUT2D eigenvalue weighted by molar-refractivity contribution is 9.10. The molecule has 2 N–H and O–H groups in total. The van der Waals surface area contributed by atoms with Crippen LogP contribution in [0.2, 0.25) is 0 Å². The van der Waals surface area contributed by atoms with Crippen LogP contribution in [0.1, 0.15) is 23.6 Å². The van der Waals surface area contributed by atoms with Crippen molar-refractivity contribution in [2.75, 3.05) is 26.2 Å². The second-order valence-corrected chi connectivity index (χ2v) is 7.25. The van der Waals surface area contributed by atoms with Gasteiger partial charge in [0.1, 0.15) is 5.82 Å². The van der Waals surface area contributed by atoms with Crippen LogP contribution in [0.25, 0.3) is 0 Å². The van der Waals surface area contributed by atoms with E-state index < -0.39 is 0 Å². The topological polar surface area (TPSA) is 64.7 Å². The molecule has 0 bridgehead atoms. The van der Waals surface area contributed by atoms with Gasteiger partial charge in [-0.05, 0) is 46.0 Å². The third-order valence-electron chi connectivity index (χ3n) is 5.07. The predicted octanol–water partition coefficient (Wildman–Crippen LogP) is 1.99. The minimum atomic E-state index is -0.268. The Morgan fingerprint density at radius 3 is 2.88 bits per heavy atom. The normalized spacial score (nSPS) is 23.1. The van der Waals surface area contributed by atoms with Crippen molar-refractivity contribution in [3.8, 4) is 0 Å². The zero-order valence-electron chi connectivity index (χ0n) is 13.0. The smallest absolute Gasteiger partial charge is 0.318 e. The number of halogens is 2. The van der Waals surface area contributed by atoms with Crippen molar-refractivity contribution in [3.05, 3.63) is 33.5 Å². The molecule has 2 heterocycles. The molecule has 8 heteroatoms. The average Bonchev–Trinajstić information content (AvgIpc) is 3.09. The quantitative estimate of drug-likeness (QED) is 0.802. The summed E-state index contributed by atoms with van der Waals surface area (Å²) in [5.41, 5.74) is 1.92. The van der Waals surface area contributed by atoms with E-state index in [1.807, 2.05) is 0 Å². The number of benzene rings is 1. The number of carbonyl (C=O) groups excluding carboxylic acids is 2. The highest BCUT2D eigenvalue weighted by Gasteiger charge is 2.39. The van der Waals surface area contributed by atoms with E-state index in [1.165, 1.54) is 6.07 Å². The fourth-order valence-electron chi connectivity index (χ4n) is 3.68. The Morgan fingerprint density at radius 1 is 1.38 bits per heavy atom. The molecule has 1 atom stereocenters. The summed E-state index contributed by atoms with van der Waals surface area (Å²) in [6.07, 6.45) is 1.52. The third kappa shape index (κ3) is 2.53. The second kappa shape index (κ2) is 5.91. The maximum Gasteiger partial charge on any atom is 0.318 e. The molecule has 0 saturated carbocycles. The fraction of sp³-hybridized carbons (Fsp3) is 0.500. The molecular formula is C16H18BrFN4O2. The molecule has 4 amide bonds. The summed E-state index contributed by atoms with van der Waals surface area (Å²) in [5.74, 6) is -0.268. The van der Waals surface area contributed by atoms with Crippen LogP contribution < -0.4 is 10.6 Å². The first-order chi connectivity index (χ1) is 11.5. The highest BCUT2D eigenvalue weighted by atomic mass is 79.9. The standard InChI is InChI=1S/C16H18BrFN4O2/c17-14-11-2-4-13(10(11)1-3-12(14)18)20-16(24)21-7-9(8-21)22-6-5-19-15(22)23/h1,3,9,13H,2,4-8H2,(H,19,23)(H,20,24). The van der Waals surface area contributed by atoms with E-state index in [1.54, 1.807) is 15.9 Å². The third-order valence-corrected chi connectivity index (χ3v) is 5.93. The summed E-state index contributed by atoms with van der Waals surface area (Å²) in [7, 11) is 0. The largest absolute Gasteiger partial charge is 0.336 e. The Labute approximate surface area is 147 Å². The van der Waals surface area contributed by atoms with Gasteiger partial charge in [-0.3, -0.25) is 0 Å². The molecule has 128 valence electrons. The number of likely N-dealkylation sites (tertiary alicyclic amines) is 1. The zero-order chi connectivity index (χ0) is 16.8. The van der Waals surface area contributed by atoms with Crippen molar-refractivity contribution < 1.29 is 14.0 Å². The van der Waals surface area contributed by atoms with Crippen LogP contribution in [0.3, 0.4) is 0 Å². The van der Waals surface area contributed by atoms with E-state index in [4.69, 9.17) is 0 Å². The molecule has 0 radical (unpaired) electrons. The molecule has 1 unspecified atom stereocenters. The summed E-state index contributed by atoms with van der Waals surface area (Å²) in [6.45, 7) is 2.50. The molecule has 1 aliphatic carbocycles. The lowest BCUT2D eigenvalue weighted by Gasteiger charge is -2.43. The Balaban J connectivity index is 1.36. The van der Waals surface area contributed by atoms with Crippen LogP contribution in [0, 0.1) is 5.82 Å². The minimum Gasteiger partial charge on any atom is -0.336 e. The van der Waals surface area contributed by atoms with Gasteiger partial charge in [-0.15, -0.1) is 0 Å². The van der Waals surface area contributed by atoms with Gasteiger partial charge in [0.25, 0.3) is 0 Å². The molecular weight excluding hydrogens is 379 g/mol. The van der Waals surface area contributed by atoms with Gasteiger partial charge in [0.15, 0.2) is 0 Å². The maximum absolute atomic E-state index is 13.6. The Hall–Kier alpha value is -1.83. The van der Waals surface area contributed by atoms with Gasteiger partial charge >= 0.3 is 12.1 Å². The number of hydrogen-bond acceptors (Lipinski definition) is 2. The van der Waals surface area contributed by atoms with Gasteiger partial charge in [0.05, 0.1) is 16.6 Å². The molecule has 0 aromatic heterocycles. The first kappa shape index (κ1) is 15.7. The number of urea groups is 2. The van der Waals surface area contributed by atoms with Crippen LogP contribution in [-0.4, -0.2) is 54.1 Å². The second-order valence-electron chi connectivity index (χ2n) is 6.45. The number of carbonyl (C=O) groups is 2. The van der Waals surface area contributed by atoms with Crippen molar-refractivity contribution in [1.29, 1.82) is 0 Å². The molecule has 0 spiro atoms. The lowest BCUT2D eigenvalue weighted by Crippen LogP contribution is -2.63. The average molecular weight is 397 g/mol. The summed E-state index contributed by atoms with van der Waals surface area (Å²) < 4.78 is 14.1. The zero-order valence-corrected chi connectivity index (χ0v) is 14.6. The number of nitrogens with one attached hydrogen (secondary N) is 2. The van der Waals surface area contributed by atoms with Crippen molar-refractivity contribution in [2.24, 2.45) is 0 Å². The molecule has 6 nitrogen and oxygen atoms in total. The monoisotopic (exact) mass is 396 g/mol. The van der Waals surface area contributed by atoms with E-state index in [0.29, 0.717) is 30.7 Å². The van der Waals surface area contributed by atoms with Gasteiger partial charge in [-0.1, -0.05) is 6.07 Å². The van der Waals surface area contributed by atoms with Crippen LogP contribution in [0.5, 0.6) is 0 Å². The van der Waals surface area contributed by atoms with Gasteiger partial charge in [-0.25, -0.2) is 14.0 Å². The number of fused-ring (bicyclic) bond motifs is 1. The molecule has 1 aromatic rings. The predicted molar refractivity (Wildman–Crippen MR) is 89.2 cm³/mol. The lowest BCUT2D eigenvalue weighted by atomic mass is 10.1. The van der Waals surface area contributed by atoms with Gasteiger partial charge in [0.2, 0.25) is 0 Å². The van der Waals surface area contributed by atoms with Gasteiger partial charge < -0.3 is 20.4 Å². The SMILES string of the molecule is O=C(NC1CCc2c1ccc(F)c2Br)N1CC(N2CCNC2=O)C1. The maximum atomic E-state index is 13.6. The number of rotatable bonds is 2. The number of amides is 4. The van der Waals surface area contributed by atoms with Crippen molar-refractivity contribution in [1.82, 2.24) is 20.4 Å². The first-order valence-corrected chi connectivity index (χ1v) is 8.90. The Bertz CT molecular complexity index is 708. The first-order valence-electron chi connectivity index (χ1n) is 8.11. The number of hydrogen-bond donors (Lipinski definition) is 2. The molecule has 2 fully saturated rings. The van der Waals surface area contributed by atoms with Gasteiger partial charge in [-0.2, -0.15) is 0 Å². The van der Waals surface area contributed by atoms with Crippen molar-refractivity contribution in [2.45, 2.75) is 24.9 Å². The van der Waals surface area contributed by atoms with E-state index in [9.17, 15) is 14.0 Å². The van der Waals surface area contributed by atoms with Gasteiger partial charge in [0, 0.05) is 26.2 Å². The minimum absolute atomic E-state index is 0.0448. The van der Waals surface area contributed by atoms with Crippen LogP contribution in [-0.2, 0) is 6.42 Å². The summed E-state index contributed by atoms with van der Waals surface area (Å²) >= 11 is 3.29. The molecule has 2 aliphatic heterocycles. The lowest BCUT2D eigenvalue weighted by molar-refractivity contribution is 0.0845. The van der Waals surface area contributed by atoms with Crippen LogP contribution >= 0.6 is 15.9 Å². The van der Waals surface area contributed by atoms with Crippen LogP contribution in [0.15, 0.2) is 16.6 Å². The Kier molecular flexibility index (Phi) is 3.86. The number of nitrogens with zero attached hydrogens (tertiary/aromatic N) is 2. The van der Waals surface area contributed by atoms with E-state index >= 15 is 0 Å². The van der Waals surface area contributed by atoms with E-state index in [2.05, 4.69) is 26.6 Å². The molecule has 3 aliphatic rings. The summed E-state index contributed by atoms with van der Waals surface area (Å²) in [4.78, 5) is 27.5. The molecule has 24 heavy (non-hydrogen) atoms. The molecule has 1 aromatic carbocycles. The van der Waals surface area contributed by atoms with Crippen molar-refractivity contribution in [3.63, 3.8) is 0 Å².